The van der Waals surface area contributed by atoms with Crippen LogP contribution in [-0.4, -0.2) is 18.2 Å². The SMILES string of the molecule is COC(=O)Nc1ccc(Cl)nc1. The molecule has 12 heavy (non-hydrogen) atoms. The molecule has 0 aliphatic rings. The fourth-order valence-electron chi connectivity index (χ4n) is 0.619. The van der Waals surface area contributed by atoms with Crippen LogP contribution in [0.2, 0.25) is 5.15 Å². The zero-order valence-electron chi connectivity index (χ0n) is 6.37. The third-order valence-electron chi connectivity index (χ3n) is 1.16. The van der Waals surface area contributed by atoms with Crippen LogP contribution in [0, 0.1) is 0 Å². The molecular formula is C7H7ClN2O2. The van der Waals surface area contributed by atoms with Crippen molar-refractivity contribution in [1.82, 2.24) is 4.98 Å². The fourth-order valence-corrected chi connectivity index (χ4v) is 0.730. The number of hydrogen-bond acceptors (Lipinski definition) is 3. The maximum atomic E-state index is 10.7. The van der Waals surface area contributed by atoms with Crippen LogP contribution in [0.4, 0.5) is 10.5 Å². The summed E-state index contributed by atoms with van der Waals surface area (Å²) in [5.41, 5.74) is 0.547. The molecule has 1 amide bonds. The highest BCUT2D eigenvalue weighted by Crippen LogP contribution is 2.09. The van der Waals surface area contributed by atoms with Gasteiger partial charge in [-0.3, -0.25) is 5.32 Å². The van der Waals surface area contributed by atoms with E-state index in [1.807, 2.05) is 0 Å². The molecule has 0 atom stereocenters. The van der Waals surface area contributed by atoms with Crippen LogP contribution >= 0.6 is 11.6 Å². The standard InChI is InChI=1S/C7H7ClN2O2/c1-12-7(11)10-5-2-3-6(8)9-4-5/h2-4H,1H3,(H,10,11). The van der Waals surface area contributed by atoms with Crippen molar-refractivity contribution < 1.29 is 9.53 Å². The highest BCUT2D eigenvalue weighted by Gasteiger charge is 1.99. The number of nitrogens with one attached hydrogen (secondary N) is 1. The summed E-state index contributed by atoms with van der Waals surface area (Å²) in [7, 11) is 1.29. The van der Waals surface area contributed by atoms with Gasteiger partial charge in [-0.2, -0.15) is 0 Å². The Labute approximate surface area is 74.5 Å². The van der Waals surface area contributed by atoms with Crippen molar-refractivity contribution in [3.8, 4) is 0 Å². The molecule has 0 fully saturated rings. The first-order chi connectivity index (χ1) is 5.72. The van der Waals surface area contributed by atoms with E-state index in [0.29, 0.717) is 10.8 Å². The summed E-state index contributed by atoms with van der Waals surface area (Å²) in [6.45, 7) is 0. The van der Waals surface area contributed by atoms with Gasteiger partial charge in [0.25, 0.3) is 0 Å². The average Bonchev–Trinajstić information content (AvgIpc) is 2.09. The number of methoxy groups -OCH3 is 1. The normalized spacial score (nSPS) is 9.17. The second-order valence-corrected chi connectivity index (χ2v) is 2.37. The Morgan fingerprint density at radius 2 is 2.42 bits per heavy atom. The number of halogens is 1. The Morgan fingerprint density at radius 1 is 1.67 bits per heavy atom. The summed E-state index contributed by atoms with van der Waals surface area (Å²) in [6.07, 6.45) is 0.915. The van der Waals surface area contributed by atoms with Gasteiger partial charge < -0.3 is 4.74 Å². The Kier molecular flexibility index (Phi) is 2.88. The van der Waals surface area contributed by atoms with E-state index in [2.05, 4.69) is 15.0 Å². The lowest BCUT2D eigenvalue weighted by atomic mass is 10.4. The van der Waals surface area contributed by atoms with Crippen molar-refractivity contribution in [3.05, 3.63) is 23.5 Å². The number of carbonyl (C=O) groups excluding carboxylic acids is 1. The minimum atomic E-state index is -0.529. The number of aromatic nitrogens is 1. The van der Waals surface area contributed by atoms with E-state index >= 15 is 0 Å². The number of hydrogen-bond donors (Lipinski definition) is 1. The van der Waals surface area contributed by atoms with E-state index in [1.54, 1.807) is 12.1 Å². The van der Waals surface area contributed by atoms with Gasteiger partial charge >= 0.3 is 6.09 Å². The maximum Gasteiger partial charge on any atom is 0.411 e. The Balaban J connectivity index is 2.64. The molecule has 1 aromatic rings. The summed E-state index contributed by atoms with van der Waals surface area (Å²) in [5.74, 6) is 0. The van der Waals surface area contributed by atoms with Gasteiger partial charge in [0, 0.05) is 0 Å². The van der Waals surface area contributed by atoms with Crippen LogP contribution in [0.1, 0.15) is 0 Å². The highest BCUT2D eigenvalue weighted by atomic mass is 35.5. The first-order valence-corrected chi connectivity index (χ1v) is 3.56. The highest BCUT2D eigenvalue weighted by molar-refractivity contribution is 6.29. The largest absolute Gasteiger partial charge is 0.453 e. The van der Waals surface area contributed by atoms with Gasteiger partial charge in [0.1, 0.15) is 5.15 Å². The summed E-state index contributed by atoms with van der Waals surface area (Å²) in [4.78, 5) is 14.4. The van der Waals surface area contributed by atoms with Crippen LogP contribution in [0.15, 0.2) is 18.3 Å². The second-order valence-electron chi connectivity index (χ2n) is 1.99. The molecule has 0 saturated carbocycles. The molecule has 0 aliphatic carbocycles. The maximum absolute atomic E-state index is 10.7. The minimum Gasteiger partial charge on any atom is -0.453 e. The second kappa shape index (κ2) is 3.92. The molecule has 1 heterocycles. The van der Waals surface area contributed by atoms with E-state index in [4.69, 9.17) is 11.6 Å². The lowest BCUT2D eigenvalue weighted by Crippen LogP contribution is -2.10. The van der Waals surface area contributed by atoms with Crippen molar-refractivity contribution in [2.24, 2.45) is 0 Å². The lowest BCUT2D eigenvalue weighted by Gasteiger charge is -2.01. The van der Waals surface area contributed by atoms with Gasteiger partial charge in [-0.25, -0.2) is 9.78 Å². The summed E-state index contributed by atoms with van der Waals surface area (Å²) in [5, 5.41) is 2.82. The van der Waals surface area contributed by atoms with E-state index in [-0.39, 0.29) is 0 Å². The molecule has 0 bridgehead atoms. The average molecular weight is 187 g/mol. The number of ether oxygens (including phenoxy) is 1. The van der Waals surface area contributed by atoms with Crippen LogP contribution in [-0.2, 0) is 4.74 Å². The number of rotatable bonds is 1. The van der Waals surface area contributed by atoms with Crippen molar-refractivity contribution in [2.75, 3.05) is 12.4 Å². The zero-order valence-corrected chi connectivity index (χ0v) is 7.13. The molecule has 0 unspecified atom stereocenters. The summed E-state index contributed by atoms with van der Waals surface area (Å²) in [6, 6.07) is 3.21. The topological polar surface area (TPSA) is 51.2 Å². The summed E-state index contributed by atoms with van der Waals surface area (Å²) >= 11 is 5.53. The molecule has 0 saturated heterocycles. The molecule has 4 nitrogen and oxygen atoms in total. The molecule has 0 aromatic carbocycles. The smallest absolute Gasteiger partial charge is 0.411 e. The quantitative estimate of drug-likeness (QED) is 0.682. The van der Waals surface area contributed by atoms with E-state index in [9.17, 15) is 4.79 Å². The van der Waals surface area contributed by atoms with Gasteiger partial charge in [-0.15, -0.1) is 0 Å². The van der Waals surface area contributed by atoms with Crippen LogP contribution in [0.5, 0.6) is 0 Å². The van der Waals surface area contributed by atoms with Gasteiger partial charge in [0.15, 0.2) is 0 Å². The Bertz CT molecular complexity index is 273. The van der Waals surface area contributed by atoms with Crippen molar-refractivity contribution in [3.63, 3.8) is 0 Å². The third-order valence-corrected chi connectivity index (χ3v) is 1.38. The monoisotopic (exact) mass is 186 g/mol. The molecule has 0 aliphatic heterocycles. The van der Waals surface area contributed by atoms with Crippen molar-refractivity contribution in [1.29, 1.82) is 0 Å². The van der Waals surface area contributed by atoms with Gasteiger partial charge in [0.2, 0.25) is 0 Å². The number of anilines is 1. The molecule has 1 aromatic heterocycles. The first-order valence-electron chi connectivity index (χ1n) is 3.19. The molecule has 0 spiro atoms. The predicted octanol–water partition coefficient (Wildman–Crippen LogP) is 1.91. The first kappa shape index (κ1) is 8.80. The van der Waals surface area contributed by atoms with Crippen LogP contribution in [0.25, 0.3) is 0 Å². The molecule has 1 N–H and O–H groups in total. The van der Waals surface area contributed by atoms with E-state index in [0.717, 1.165) is 0 Å². The van der Waals surface area contributed by atoms with Gasteiger partial charge in [-0.1, -0.05) is 11.6 Å². The fraction of sp³-hybridized carbons (Fsp3) is 0.143. The third kappa shape index (κ3) is 2.39. The number of pyridine rings is 1. The number of nitrogens with zero attached hydrogens (tertiary/aromatic N) is 1. The predicted molar refractivity (Wildman–Crippen MR) is 45.3 cm³/mol. The molecule has 1 rings (SSSR count). The van der Waals surface area contributed by atoms with Gasteiger partial charge in [0.05, 0.1) is 19.0 Å². The molecule has 64 valence electrons. The van der Waals surface area contributed by atoms with Crippen LogP contribution < -0.4 is 5.32 Å². The Hall–Kier alpha value is -1.29. The number of amides is 1. The van der Waals surface area contributed by atoms with Gasteiger partial charge in [-0.05, 0) is 12.1 Å². The van der Waals surface area contributed by atoms with E-state index < -0.39 is 6.09 Å². The lowest BCUT2D eigenvalue weighted by molar-refractivity contribution is 0.187. The Morgan fingerprint density at radius 3 is 2.92 bits per heavy atom. The van der Waals surface area contributed by atoms with Crippen molar-refractivity contribution >= 4 is 23.4 Å². The molecule has 0 radical (unpaired) electrons. The molecule has 5 heteroatoms. The zero-order chi connectivity index (χ0) is 8.97. The van der Waals surface area contributed by atoms with Crippen molar-refractivity contribution in [2.45, 2.75) is 0 Å². The van der Waals surface area contributed by atoms with E-state index in [1.165, 1.54) is 13.3 Å². The number of carbonyl (C=O) groups is 1. The minimum absolute atomic E-state index is 0.380. The summed E-state index contributed by atoms with van der Waals surface area (Å²) < 4.78 is 4.37. The van der Waals surface area contributed by atoms with Crippen LogP contribution in [0.3, 0.4) is 0 Å². The molecular weight excluding hydrogens is 180 g/mol.